The minimum Gasteiger partial charge on any atom is -0.312 e. The monoisotopic (exact) mass is 289 g/mol. The van der Waals surface area contributed by atoms with Gasteiger partial charge in [-0.15, -0.1) is 11.3 Å². The fraction of sp³-hybridized carbons (Fsp3) is 0.667. The Morgan fingerprint density at radius 1 is 1.40 bits per heavy atom. The van der Waals surface area contributed by atoms with Crippen molar-refractivity contribution in [3.8, 4) is 0 Å². The number of hydrogen-bond donors (Lipinski definition) is 1. The summed E-state index contributed by atoms with van der Waals surface area (Å²) in [5, 5.41) is 5.55. The summed E-state index contributed by atoms with van der Waals surface area (Å²) < 4.78 is 1.25. The van der Waals surface area contributed by atoms with Crippen LogP contribution in [0.2, 0.25) is 0 Å². The summed E-state index contributed by atoms with van der Waals surface area (Å²) in [6.07, 6.45) is 6.60. The van der Waals surface area contributed by atoms with Crippen LogP contribution in [0.25, 0.3) is 0 Å². The maximum Gasteiger partial charge on any atom is 0.0423 e. The maximum absolute atomic E-state index is 3.60. The molecule has 0 radical (unpaired) electrons. The zero-order chi connectivity index (χ0) is 11.1. The van der Waals surface area contributed by atoms with Crippen molar-refractivity contribution in [2.75, 3.05) is 7.05 Å². The molecule has 0 bridgehead atoms. The second kappa shape index (κ2) is 7.42. The van der Waals surface area contributed by atoms with Gasteiger partial charge in [0, 0.05) is 15.4 Å². The first-order valence-corrected chi connectivity index (χ1v) is 7.37. The fourth-order valence-electron chi connectivity index (χ4n) is 1.74. The average Bonchev–Trinajstić information content (AvgIpc) is 2.65. The van der Waals surface area contributed by atoms with Crippen molar-refractivity contribution in [2.24, 2.45) is 0 Å². The minimum absolute atomic E-state index is 0.524. The van der Waals surface area contributed by atoms with Gasteiger partial charge in [0.1, 0.15) is 0 Å². The Labute approximate surface area is 105 Å². The molecule has 1 rings (SSSR count). The van der Waals surface area contributed by atoms with E-state index in [1.807, 2.05) is 11.3 Å². The lowest BCUT2D eigenvalue weighted by Gasteiger charge is -2.15. The Morgan fingerprint density at radius 3 is 2.73 bits per heavy atom. The average molecular weight is 290 g/mol. The van der Waals surface area contributed by atoms with Gasteiger partial charge in [0.2, 0.25) is 0 Å². The highest BCUT2D eigenvalue weighted by Gasteiger charge is 2.13. The Hall–Kier alpha value is 0.140. The lowest BCUT2D eigenvalue weighted by Crippen LogP contribution is -2.15. The van der Waals surface area contributed by atoms with Crippen LogP contribution in [0.1, 0.15) is 49.9 Å². The minimum atomic E-state index is 0.524. The van der Waals surface area contributed by atoms with Crippen LogP contribution in [0.15, 0.2) is 15.9 Å². The smallest absolute Gasteiger partial charge is 0.0423 e. The Bertz CT molecular complexity index is 272. The third-order valence-electron chi connectivity index (χ3n) is 2.66. The van der Waals surface area contributed by atoms with E-state index >= 15 is 0 Å². The van der Waals surface area contributed by atoms with Gasteiger partial charge >= 0.3 is 0 Å². The highest BCUT2D eigenvalue weighted by Crippen LogP contribution is 2.31. The molecule has 3 heteroatoms. The molecule has 0 aliphatic heterocycles. The van der Waals surface area contributed by atoms with Crippen LogP contribution in [0.3, 0.4) is 0 Å². The van der Waals surface area contributed by atoms with Crippen LogP contribution in [0.5, 0.6) is 0 Å². The van der Waals surface area contributed by atoms with Crippen LogP contribution in [-0.2, 0) is 0 Å². The van der Waals surface area contributed by atoms with Gasteiger partial charge in [-0.25, -0.2) is 0 Å². The first-order chi connectivity index (χ1) is 7.29. The van der Waals surface area contributed by atoms with Crippen molar-refractivity contribution < 1.29 is 0 Å². The van der Waals surface area contributed by atoms with E-state index in [2.05, 4.69) is 46.7 Å². The third kappa shape index (κ3) is 4.25. The zero-order valence-electron chi connectivity index (χ0n) is 9.55. The normalized spacial score (nSPS) is 13.0. The van der Waals surface area contributed by atoms with Gasteiger partial charge in [-0.05, 0) is 40.8 Å². The molecule has 1 atom stereocenters. The summed E-state index contributed by atoms with van der Waals surface area (Å²) in [5.74, 6) is 0. The second-order valence-corrected chi connectivity index (χ2v) is 5.63. The topological polar surface area (TPSA) is 12.0 Å². The van der Waals surface area contributed by atoms with Crippen LogP contribution in [0.4, 0.5) is 0 Å². The molecule has 0 amide bonds. The highest BCUT2D eigenvalue weighted by atomic mass is 79.9. The summed E-state index contributed by atoms with van der Waals surface area (Å²) in [4.78, 5) is 1.44. The van der Waals surface area contributed by atoms with E-state index in [1.165, 1.54) is 41.5 Å². The van der Waals surface area contributed by atoms with E-state index in [9.17, 15) is 0 Å². The predicted molar refractivity (Wildman–Crippen MR) is 72.6 cm³/mol. The van der Waals surface area contributed by atoms with Gasteiger partial charge in [-0.2, -0.15) is 0 Å². The molecular weight excluding hydrogens is 270 g/mol. The maximum atomic E-state index is 3.60. The molecule has 0 saturated carbocycles. The van der Waals surface area contributed by atoms with Gasteiger partial charge < -0.3 is 5.32 Å². The van der Waals surface area contributed by atoms with Gasteiger partial charge in [-0.1, -0.05) is 32.6 Å². The lowest BCUT2D eigenvalue weighted by atomic mass is 10.1. The number of hydrogen-bond acceptors (Lipinski definition) is 2. The molecule has 1 N–H and O–H groups in total. The summed E-state index contributed by atoms with van der Waals surface area (Å²) in [7, 11) is 2.05. The Kier molecular flexibility index (Phi) is 6.53. The molecule has 0 saturated heterocycles. The molecule has 1 aromatic heterocycles. The fourth-order valence-corrected chi connectivity index (χ4v) is 3.53. The molecule has 0 aromatic carbocycles. The van der Waals surface area contributed by atoms with E-state index in [0.29, 0.717) is 6.04 Å². The van der Waals surface area contributed by atoms with E-state index < -0.39 is 0 Å². The zero-order valence-corrected chi connectivity index (χ0v) is 12.0. The van der Waals surface area contributed by atoms with Crippen molar-refractivity contribution in [3.63, 3.8) is 0 Å². The van der Waals surface area contributed by atoms with Crippen molar-refractivity contribution >= 4 is 27.3 Å². The molecule has 0 aliphatic carbocycles. The number of halogens is 1. The quantitative estimate of drug-likeness (QED) is 0.715. The molecule has 86 valence electrons. The van der Waals surface area contributed by atoms with Gasteiger partial charge in [0.05, 0.1) is 0 Å². The second-order valence-electron chi connectivity index (χ2n) is 3.82. The first kappa shape index (κ1) is 13.2. The molecular formula is C12H20BrNS. The number of nitrogens with one attached hydrogen (secondary N) is 1. The number of thiophene rings is 1. The molecule has 0 aliphatic rings. The molecule has 1 nitrogen and oxygen atoms in total. The van der Waals surface area contributed by atoms with Gasteiger partial charge in [0.15, 0.2) is 0 Å². The largest absolute Gasteiger partial charge is 0.312 e. The summed E-state index contributed by atoms with van der Waals surface area (Å²) in [5.41, 5.74) is 0. The Balaban J connectivity index is 2.39. The van der Waals surface area contributed by atoms with Gasteiger partial charge in [0.25, 0.3) is 0 Å². The van der Waals surface area contributed by atoms with Crippen LogP contribution >= 0.6 is 27.3 Å². The third-order valence-corrected chi connectivity index (χ3v) is 4.64. The predicted octanol–water partition coefficient (Wildman–Crippen LogP) is 4.74. The van der Waals surface area contributed by atoms with Crippen molar-refractivity contribution in [1.82, 2.24) is 5.32 Å². The van der Waals surface area contributed by atoms with Crippen molar-refractivity contribution in [1.29, 1.82) is 0 Å². The molecule has 15 heavy (non-hydrogen) atoms. The number of rotatable bonds is 7. The van der Waals surface area contributed by atoms with E-state index in [0.717, 1.165) is 0 Å². The molecule has 1 aromatic rings. The van der Waals surface area contributed by atoms with Crippen LogP contribution < -0.4 is 5.32 Å². The summed E-state index contributed by atoms with van der Waals surface area (Å²) in [6, 6.07) is 2.66. The van der Waals surface area contributed by atoms with E-state index in [1.54, 1.807) is 0 Å². The van der Waals surface area contributed by atoms with E-state index in [4.69, 9.17) is 0 Å². The lowest BCUT2D eigenvalue weighted by molar-refractivity contribution is 0.510. The summed E-state index contributed by atoms with van der Waals surface area (Å²) >= 11 is 5.44. The van der Waals surface area contributed by atoms with Gasteiger partial charge in [-0.3, -0.25) is 0 Å². The van der Waals surface area contributed by atoms with Crippen molar-refractivity contribution in [3.05, 3.63) is 20.8 Å². The molecule has 1 heterocycles. The first-order valence-electron chi connectivity index (χ1n) is 5.69. The Morgan fingerprint density at radius 2 is 2.20 bits per heavy atom. The van der Waals surface area contributed by atoms with Crippen molar-refractivity contribution in [2.45, 2.75) is 45.1 Å². The molecule has 0 spiro atoms. The molecule has 1 unspecified atom stereocenters. The highest BCUT2D eigenvalue weighted by molar-refractivity contribution is 9.10. The SMILES string of the molecule is CCCCCCC(NC)c1sccc1Br. The standard InChI is InChI=1S/C12H20BrNS/c1-3-4-5-6-7-11(14-2)12-10(13)8-9-15-12/h8-9,11,14H,3-7H2,1-2H3. The van der Waals surface area contributed by atoms with Crippen LogP contribution in [0, 0.1) is 0 Å². The summed E-state index contributed by atoms with van der Waals surface area (Å²) in [6.45, 7) is 2.26. The molecule has 0 fully saturated rings. The van der Waals surface area contributed by atoms with E-state index in [-0.39, 0.29) is 0 Å². The van der Waals surface area contributed by atoms with Crippen LogP contribution in [-0.4, -0.2) is 7.05 Å². The number of unbranched alkanes of at least 4 members (excludes halogenated alkanes) is 3.